The molecule has 4 nitrogen and oxygen atoms in total. The van der Waals surface area contributed by atoms with Crippen LogP contribution in [-0.2, 0) is 11.2 Å². The van der Waals surface area contributed by atoms with Crippen molar-refractivity contribution in [2.24, 2.45) is 4.99 Å². The van der Waals surface area contributed by atoms with Crippen LogP contribution in [0.3, 0.4) is 0 Å². The van der Waals surface area contributed by atoms with Crippen LogP contribution in [0.15, 0.2) is 17.1 Å². The number of rotatable bonds is 2. The highest BCUT2D eigenvalue weighted by atomic mass is 19.2. The van der Waals surface area contributed by atoms with Gasteiger partial charge in [0.15, 0.2) is 17.5 Å². The lowest BCUT2D eigenvalue weighted by Crippen LogP contribution is -2.47. The summed E-state index contributed by atoms with van der Waals surface area (Å²) in [7, 11) is 0. The van der Waals surface area contributed by atoms with E-state index >= 15 is 0 Å². The largest absolute Gasteiger partial charge is 0.285 e. The second-order valence-electron chi connectivity index (χ2n) is 3.45. The third-order valence-corrected chi connectivity index (χ3v) is 2.23. The summed E-state index contributed by atoms with van der Waals surface area (Å²) in [5.74, 6) is -4.03. The minimum Gasteiger partial charge on any atom is -0.285 e. The molecule has 0 aliphatic carbocycles. The van der Waals surface area contributed by atoms with Crippen molar-refractivity contribution >= 4 is 11.7 Å². The quantitative estimate of drug-likeness (QED) is 0.750. The molecule has 0 radical (unpaired) electrons. The number of hydrogen-bond donors (Lipinski definition) is 2. The van der Waals surface area contributed by atoms with Gasteiger partial charge in [-0.25, -0.2) is 13.2 Å². The van der Waals surface area contributed by atoms with Crippen LogP contribution in [0.25, 0.3) is 0 Å². The van der Waals surface area contributed by atoms with Crippen LogP contribution in [0.5, 0.6) is 0 Å². The number of aliphatic imine (C=N–C) groups is 1. The van der Waals surface area contributed by atoms with Gasteiger partial charge < -0.3 is 0 Å². The van der Waals surface area contributed by atoms with Crippen LogP contribution in [0.4, 0.5) is 13.2 Å². The van der Waals surface area contributed by atoms with E-state index in [1.54, 1.807) is 0 Å². The van der Waals surface area contributed by atoms with E-state index in [2.05, 4.69) is 15.8 Å². The molecular formula is C10H8F3N3O. The number of hydrogen-bond acceptors (Lipinski definition) is 3. The topological polar surface area (TPSA) is 53.5 Å². The summed E-state index contributed by atoms with van der Waals surface area (Å²) in [5.41, 5.74) is 4.70. The fourth-order valence-electron chi connectivity index (χ4n) is 1.37. The fraction of sp³-hybridized carbons (Fsp3) is 0.200. The molecule has 2 N–H and O–H groups in total. The predicted octanol–water partition coefficient (Wildman–Crippen LogP) is 0.679. The van der Waals surface area contributed by atoms with E-state index in [1.807, 2.05) is 0 Å². The van der Waals surface area contributed by atoms with Crippen molar-refractivity contribution in [1.29, 1.82) is 0 Å². The Morgan fingerprint density at radius 1 is 1.18 bits per heavy atom. The van der Waals surface area contributed by atoms with Crippen molar-refractivity contribution in [2.45, 2.75) is 6.42 Å². The maximum atomic E-state index is 13.3. The molecule has 0 saturated heterocycles. The van der Waals surface area contributed by atoms with E-state index in [1.165, 1.54) is 0 Å². The van der Waals surface area contributed by atoms with Crippen LogP contribution in [0.1, 0.15) is 5.56 Å². The Balaban J connectivity index is 2.20. The Morgan fingerprint density at radius 3 is 2.59 bits per heavy atom. The molecule has 2 rings (SSSR count). The number of halogens is 3. The van der Waals surface area contributed by atoms with Crippen molar-refractivity contribution in [3.8, 4) is 0 Å². The first kappa shape index (κ1) is 11.4. The van der Waals surface area contributed by atoms with E-state index in [4.69, 9.17) is 0 Å². The maximum Gasteiger partial charge on any atom is 0.260 e. The first-order chi connectivity index (χ1) is 8.08. The molecule has 0 atom stereocenters. The number of carbonyl (C=O) groups is 1. The highest BCUT2D eigenvalue weighted by Crippen LogP contribution is 2.15. The Kier molecular flexibility index (Phi) is 2.99. The highest BCUT2D eigenvalue weighted by Gasteiger charge is 2.16. The Bertz CT molecular complexity index is 502. The summed E-state index contributed by atoms with van der Waals surface area (Å²) in [6, 6.07) is 1.98. The van der Waals surface area contributed by atoms with Gasteiger partial charge in [0.2, 0.25) is 0 Å². The third kappa shape index (κ3) is 2.38. The van der Waals surface area contributed by atoms with Crippen molar-refractivity contribution < 1.29 is 18.0 Å². The summed E-state index contributed by atoms with van der Waals surface area (Å²) >= 11 is 0. The zero-order valence-electron chi connectivity index (χ0n) is 8.56. The number of benzene rings is 1. The van der Waals surface area contributed by atoms with Crippen LogP contribution in [-0.4, -0.2) is 18.3 Å². The molecule has 7 heteroatoms. The number of hydrazine groups is 1. The highest BCUT2D eigenvalue weighted by molar-refractivity contribution is 5.92. The molecular weight excluding hydrogens is 235 g/mol. The lowest BCUT2D eigenvalue weighted by atomic mass is 10.1. The van der Waals surface area contributed by atoms with Gasteiger partial charge in [0.1, 0.15) is 12.4 Å². The molecule has 0 saturated carbocycles. The molecule has 1 aromatic carbocycles. The predicted molar refractivity (Wildman–Crippen MR) is 53.6 cm³/mol. The van der Waals surface area contributed by atoms with Crippen LogP contribution in [0, 0.1) is 17.5 Å². The molecule has 0 aromatic heterocycles. The van der Waals surface area contributed by atoms with E-state index in [9.17, 15) is 18.0 Å². The molecule has 1 amide bonds. The molecule has 1 aromatic rings. The van der Waals surface area contributed by atoms with Crippen molar-refractivity contribution in [3.63, 3.8) is 0 Å². The smallest absolute Gasteiger partial charge is 0.260 e. The molecule has 1 aliphatic rings. The van der Waals surface area contributed by atoms with Gasteiger partial charge in [-0.2, -0.15) is 0 Å². The molecule has 90 valence electrons. The lowest BCUT2D eigenvalue weighted by molar-refractivity contribution is -0.120. The zero-order valence-corrected chi connectivity index (χ0v) is 8.56. The molecule has 0 unspecified atom stereocenters. The first-order valence-electron chi connectivity index (χ1n) is 4.78. The minimum absolute atomic E-state index is 0.0358. The third-order valence-electron chi connectivity index (χ3n) is 2.23. The number of nitrogens with one attached hydrogen (secondary N) is 2. The summed E-state index contributed by atoms with van der Waals surface area (Å²) < 4.78 is 38.9. The van der Waals surface area contributed by atoms with Gasteiger partial charge in [-0.15, -0.1) is 0 Å². The second kappa shape index (κ2) is 4.44. The average Bonchev–Trinajstić information content (AvgIpc) is 2.33. The molecule has 17 heavy (non-hydrogen) atoms. The molecule has 0 bridgehead atoms. The van der Waals surface area contributed by atoms with Crippen molar-refractivity contribution in [2.75, 3.05) is 6.54 Å². The van der Waals surface area contributed by atoms with Gasteiger partial charge in [-0.05, 0) is 11.6 Å². The summed E-state index contributed by atoms with van der Waals surface area (Å²) in [6.07, 6.45) is -0.0523. The monoisotopic (exact) mass is 243 g/mol. The number of amides is 1. The Hall–Kier alpha value is -2.05. The van der Waals surface area contributed by atoms with Gasteiger partial charge in [-0.1, -0.05) is 6.07 Å². The van der Waals surface area contributed by atoms with E-state index in [0.717, 1.165) is 12.1 Å². The lowest BCUT2D eigenvalue weighted by Gasteiger charge is -2.15. The van der Waals surface area contributed by atoms with E-state index in [0.29, 0.717) is 0 Å². The van der Waals surface area contributed by atoms with Crippen molar-refractivity contribution in [3.05, 3.63) is 35.1 Å². The van der Waals surface area contributed by atoms with Crippen LogP contribution in [0.2, 0.25) is 0 Å². The molecule has 1 aliphatic heterocycles. The molecule has 1 heterocycles. The van der Waals surface area contributed by atoms with Gasteiger partial charge >= 0.3 is 0 Å². The number of nitrogens with zero attached hydrogens (tertiary/aromatic N) is 1. The van der Waals surface area contributed by atoms with Gasteiger partial charge in [0.25, 0.3) is 5.91 Å². The summed E-state index contributed by atoms with van der Waals surface area (Å²) in [4.78, 5) is 14.6. The van der Waals surface area contributed by atoms with Crippen molar-refractivity contribution in [1.82, 2.24) is 10.9 Å². The van der Waals surface area contributed by atoms with Gasteiger partial charge in [0.05, 0.1) is 0 Å². The minimum atomic E-state index is -1.51. The first-order valence-corrected chi connectivity index (χ1v) is 4.78. The maximum absolute atomic E-state index is 13.3. The van der Waals surface area contributed by atoms with E-state index in [-0.39, 0.29) is 30.3 Å². The SMILES string of the molecule is O=C1CN=C(Cc2ccc(F)c(F)c2F)NN1. The zero-order chi connectivity index (χ0) is 12.4. The summed E-state index contributed by atoms with van der Waals surface area (Å²) in [5, 5.41) is 0. The van der Waals surface area contributed by atoms with Crippen LogP contribution >= 0.6 is 0 Å². The fourth-order valence-corrected chi connectivity index (χ4v) is 1.37. The normalized spacial score (nSPS) is 15.0. The molecule has 0 fully saturated rings. The molecule has 0 spiro atoms. The second-order valence-corrected chi connectivity index (χ2v) is 3.45. The summed E-state index contributed by atoms with van der Waals surface area (Å²) in [6.45, 7) is -0.0758. The Labute approximate surface area is 94.5 Å². The Morgan fingerprint density at radius 2 is 1.94 bits per heavy atom. The van der Waals surface area contributed by atoms with E-state index < -0.39 is 17.5 Å². The standard InChI is InChI=1S/C10H8F3N3O/c11-6-2-1-5(9(12)10(6)13)3-7-14-4-8(17)16-15-7/h1-2H,3-4H2,(H,14,15)(H,16,17). The average molecular weight is 243 g/mol. The number of carbonyl (C=O) groups excluding carboxylic acids is 1. The van der Waals surface area contributed by atoms with Gasteiger partial charge in [-0.3, -0.25) is 20.6 Å². The van der Waals surface area contributed by atoms with Gasteiger partial charge in [0, 0.05) is 6.42 Å². The number of amidine groups is 1. The van der Waals surface area contributed by atoms with Crippen LogP contribution < -0.4 is 10.9 Å².